The minimum atomic E-state index is 0.0509. The summed E-state index contributed by atoms with van der Waals surface area (Å²) in [6, 6.07) is 9.66. The summed E-state index contributed by atoms with van der Waals surface area (Å²) in [5.41, 5.74) is 1.55. The van der Waals surface area contributed by atoms with Crippen molar-refractivity contribution >= 4 is 11.8 Å². The molecule has 1 aromatic heterocycles. The summed E-state index contributed by atoms with van der Waals surface area (Å²) >= 11 is 0. The molecule has 0 N–H and O–H groups in total. The van der Waals surface area contributed by atoms with Crippen molar-refractivity contribution in [3.05, 3.63) is 42.3 Å². The van der Waals surface area contributed by atoms with Crippen LogP contribution in [0.3, 0.4) is 0 Å². The van der Waals surface area contributed by atoms with Gasteiger partial charge in [-0.05, 0) is 37.8 Å². The van der Waals surface area contributed by atoms with E-state index in [1.54, 1.807) is 6.26 Å². The molecule has 2 aromatic rings. The van der Waals surface area contributed by atoms with Crippen molar-refractivity contribution in [2.45, 2.75) is 32.1 Å². The molecule has 2 saturated heterocycles. The standard InChI is InChI=1S/C21H25N3O3/c25-19(14-18-15-27-20(22-18)16-6-2-1-3-7-16)23-12-8-17(9-13-23)21(26)24-10-4-5-11-24/h1-3,6-7,15,17H,4-5,8-14H2. The largest absolute Gasteiger partial charge is 0.444 e. The molecular formula is C21H25N3O3. The minimum absolute atomic E-state index is 0.0509. The second-order valence-corrected chi connectivity index (χ2v) is 7.37. The summed E-state index contributed by atoms with van der Waals surface area (Å²) in [6.45, 7) is 3.08. The normalized spacial score (nSPS) is 18.1. The fraction of sp³-hybridized carbons (Fsp3) is 0.476. The number of aromatic nitrogens is 1. The van der Waals surface area contributed by atoms with Gasteiger partial charge in [-0.2, -0.15) is 0 Å². The number of oxazole rings is 1. The van der Waals surface area contributed by atoms with Gasteiger partial charge in [-0.1, -0.05) is 18.2 Å². The molecule has 2 aliphatic rings. The molecule has 4 rings (SSSR count). The summed E-state index contributed by atoms with van der Waals surface area (Å²) in [5, 5.41) is 0. The van der Waals surface area contributed by atoms with Crippen LogP contribution in [-0.2, 0) is 16.0 Å². The number of amides is 2. The summed E-state index contributed by atoms with van der Waals surface area (Å²) in [7, 11) is 0. The van der Waals surface area contributed by atoms with Crippen molar-refractivity contribution in [2.75, 3.05) is 26.2 Å². The molecule has 0 bridgehead atoms. The van der Waals surface area contributed by atoms with E-state index in [1.165, 1.54) is 0 Å². The van der Waals surface area contributed by atoms with Crippen LogP contribution in [0.4, 0.5) is 0 Å². The van der Waals surface area contributed by atoms with Crippen LogP contribution in [0.5, 0.6) is 0 Å². The number of nitrogens with zero attached hydrogens (tertiary/aromatic N) is 3. The number of carbonyl (C=O) groups is 2. The molecule has 2 fully saturated rings. The molecular weight excluding hydrogens is 342 g/mol. The zero-order chi connectivity index (χ0) is 18.6. The van der Waals surface area contributed by atoms with Gasteiger partial charge in [-0.3, -0.25) is 9.59 Å². The fourth-order valence-electron chi connectivity index (χ4n) is 3.94. The molecule has 2 aliphatic heterocycles. The first-order valence-electron chi connectivity index (χ1n) is 9.77. The lowest BCUT2D eigenvalue weighted by atomic mass is 9.95. The van der Waals surface area contributed by atoms with E-state index < -0.39 is 0 Å². The van der Waals surface area contributed by atoms with Gasteiger partial charge in [0.1, 0.15) is 6.26 Å². The molecule has 0 spiro atoms. The monoisotopic (exact) mass is 367 g/mol. The zero-order valence-corrected chi connectivity index (χ0v) is 15.5. The van der Waals surface area contributed by atoms with E-state index in [2.05, 4.69) is 4.98 Å². The Balaban J connectivity index is 1.30. The van der Waals surface area contributed by atoms with E-state index >= 15 is 0 Å². The smallest absolute Gasteiger partial charge is 0.228 e. The number of carbonyl (C=O) groups excluding carboxylic acids is 2. The van der Waals surface area contributed by atoms with Crippen molar-refractivity contribution in [1.82, 2.24) is 14.8 Å². The van der Waals surface area contributed by atoms with Crippen LogP contribution in [0.15, 0.2) is 41.0 Å². The van der Waals surface area contributed by atoms with Crippen molar-refractivity contribution in [3.63, 3.8) is 0 Å². The molecule has 0 saturated carbocycles. The number of piperidine rings is 1. The summed E-state index contributed by atoms with van der Waals surface area (Å²) in [6.07, 6.45) is 5.55. The molecule has 2 amide bonds. The Morgan fingerprint density at radius 3 is 2.41 bits per heavy atom. The Morgan fingerprint density at radius 2 is 1.70 bits per heavy atom. The zero-order valence-electron chi connectivity index (χ0n) is 15.5. The molecule has 6 heteroatoms. The van der Waals surface area contributed by atoms with Crippen LogP contribution in [0.25, 0.3) is 11.5 Å². The third-order valence-electron chi connectivity index (χ3n) is 5.52. The van der Waals surface area contributed by atoms with Crippen LogP contribution in [-0.4, -0.2) is 52.8 Å². The molecule has 1 aromatic carbocycles. The number of hydrogen-bond acceptors (Lipinski definition) is 4. The van der Waals surface area contributed by atoms with Gasteiger partial charge < -0.3 is 14.2 Å². The Bertz CT molecular complexity index is 788. The number of hydrogen-bond donors (Lipinski definition) is 0. The highest BCUT2D eigenvalue weighted by Crippen LogP contribution is 2.23. The predicted octanol–water partition coefficient (Wildman–Crippen LogP) is 2.75. The highest BCUT2D eigenvalue weighted by molar-refractivity contribution is 5.81. The van der Waals surface area contributed by atoms with Gasteiger partial charge in [0.05, 0.1) is 12.1 Å². The highest BCUT2D eigenvalue weighted by atomic mass is 16.3. The van der Waals surface area contributed by atoms with Gasteiger partial charge in [-0.25, -0.2) is 4.98 Å². The van der Waals surface area contributed by atoms with Gasteiger partial charge in [0.2, 0.25) is 17.7 Å². The molecule has 0 aliphatic carbocycles. The first kappa shape index (κ1) is 17.8. The third-order valence-corrected chi connectivity index (χ3v) is 5.52. The van der Waals surface area contributed by atoms with E-state index in [9.17, 15) is 9.59 Å². The van der Waals surface area contributed by atoms with E-state index in [1.807, 2.05) is 40.1 Å². The molecule has 0 radical (unpaired) electrons. The van der Waals surface area contributed by atoms with Gasteiger partial charge in [0, 0.05) is 37.7 Å². The lowest BCUT2D eigenvalue weighted by molar-refractivity contribution is -0.139. The Hall–Kier alpha value is -2.63. The average molecular weight is 367 g/mol. The van der Waals surface area contributed by atoms with E-state index in [0.29, 0.717) is 24.7 Å². The molecule has 142 valence electrons. The summed E-state index contributed by atoms with van der Waals surface area (Å²) < 4.78 is 5.51. The first-order chi connectivity index (χ1) is 13.2. The van der Waals surface area contributed by atoms with Crippen molar-refractivity contribution in [3.8, 4) is 11.5 Å². The summed E-state index contributed by atoms with van der Waals surface area (Å²) in [5.74, 6) is 0.941. The maximum atomic E-state index is 12.6. The van der Waals surface area contributed by atoms with E-state index in [-0.39, 0.29) is 24.2 Å². The Morgan fingerprint density at radius 1 is 1.00 bits per heavy atom. The average Bonchev–Trinajstić information content (AvgIpc) is 3.40. The van der Waals surface area contributed by atoms with Gasteiger partial charge in [0.25, 0.3) is 0 Å². The maximum absolute atomic E-state index is 12.6. The van der Waals surface area contributed by atoms with Crippen LogP contribution < -0.4 is 0 Å². The summed E-state index contributed by atoms with van der Waals surface area (Å²) in [4.78, 5) is 33.4. The number of benzene rings is 1. The van der Waals surface area contributed by atoms with Crippen LogP contribution in [0, 0.1) is 5.92 Å². The lowest BCUT2D eigenvalue weighted by Crippen LogP contribution is -2.44. The SMILES string of the molecule is O=C(Cc1coc(-c2ccccc2)n1)N1CCC(C(=O)N2CCCC2)CC1. The molecule has 27 heavy (non-hydrogen) atoms. The van der Waals surface area contributed by atoms with Crippen LogP contribution >= 0.6 is 0 Å². The fourth-order valence-corrected chi connectivity index (χ4v) is 3.94. The highest BCUT2D eigenvalue weighted by Gasteiger charge is 2.31. The quantitative estimate of drug-likeness (QED) is 0.833. The van der Waals surface area contributed by atoms with Gasteiger partial charge >= 0.3 is 0 Å². The van der Waals surface area contributed by atoms with Crippen molar-refractivity contribution in [2.24, 2.45) is 5.92 Å². The molecule has 6 nitrogen and oxygen atoms in total. The number of rotatable bonds is 4. The van der Waals surface area contributed by atoms with Crippen LogP contribution in [0.2, 0.25) is 0 Å². The number of likely N-dealkylation sites (tertiary alicyclic amines) is 2. The second kappa shape index (κ2) is 7.94. The van der Waals surface area contributed by atoms with Crippen molar-refractivity contribution < 1.29 is 14.0 Å². The van der Waals surface area contributed by atoms with E-state index in [0.717, 1.165) is 44.3 Å². The van der Waals surface area contributed by atoms with Crippen molar-refractivity contribution in [1.29, 1.82) is 0 Å². The first-order valence-corrected chi connectivity index (χ1v) is 9.77. The Kier molecular flexibility index (Phi) is 5.23. The Labute approximate surface area is 159 Å². The lowest BCUT2D eigenvalue weighted by Gasteiger charge is -2.33. The van der Waals surface area contributed by atoms with Gasteiger partial charge in [0.15, 0.2) is 0 Å². The predicted molar refractivity (Wildman–Crippen MR) is 101 cm³/mol. The molecule has 0 atom stereocenters. The molecule has 3 heterocycles. The van der Waals surface area contributed by atoms with Crippen LogP contribution in [0.1, 0.15) is 31.4 Å². The molecule has 0 unspecified atom stereocenters. The topological polar surface area (TPSA) is 66.7 Å². The third kappa shape index (κ3) is 4.04. The maximum Gasteiger partial charge on any atom is 0.228 e. The van der Waals surface area contributed by atoms with Gasteiger partial charge in [-0.15, -0.1) is 0 Å². The minimum Gasteiger partial charge on any atom is -0.444 e. The second-order valence-electron chi connectivity index (χ2n) is 7.37. The van der Waals surface area contributed by atoms with E-state index in [4.69, 9.17) is 4.42 Å².